The topological polar surface area (TPSA) is 12.0 Å². The van der Waals surface area contributed by atoms with E-state index < -0.39 is 11.6 Å². The molecule has 2 aromatic carbocycles. The number of nitrogens with one attached hydrogen (secondary N) is 1. The molecule has 0 fully saturated rings. The summed E-state index contributed by atoms with van der Waals surface area (Å²) in [5, 5.41) is 3.91. The van der Waals surface area contributed by atoms with E-state index in [9.17, 15) is 8.78 Å². The summed E-state index contributed by atoms with van der Waals surface area (Å²) < 4.78 is 26.1. The minimum Gasteiger partial charge on any atom is -0.316 e. The van der Waals surface area contributed by atoms with Crippen molar-refractivity contribution >= 4 is 23.4 Å². The molecule has 1 nitrogen and oxygen atoms in total. The lowest BCUT2D eigenvalue weighted by atomic mass is 10.1. The highest BCUT2D eigenvalue weighted by Gasteiger charge is 2.10. The Kier molecular flexibility index (Phi) is 6.03. The number of hydrogen-bond donors (Lipinski definition) is 1. The van der Waals surface area contributed by atoms with Crippen molar-refractivity contribution in [2.45, 2.75) is 17.4 Å². The molecule has 0 aromatic heterocycles. The molecule has 112 valence electrons. The minimum atomic E-state index is -0.812. The van der Waals surface area contributed by atoms with Crippen molar-refractivity contribution in [1.29, 1.82) is 0 Å². The Morgan fingerprint density at radius 3 is 2.62 bits per heavy atom. The third-order valence-corrected chi connectivity index (χ3v) is 4.51. The van der Waals surface area contributed by atoms with Gasteiger partial charge in [0.15, 0.2) is 11.6 Å². The lowest BCUT2D eigenvalue weighted by molar-refractivity contribution is 0.505. The lowest BCUT2D eigenvalue weighted by Gasteiger charge is -2.16. The standard InChI is InChI=1S/C16H16ClF2NS/c1-20-13(7-11-5-6-15(18)16(19)8-11)10-21-14-4-2-3-12(17)9-14/h2-6,8-9,13,20H,7,10H2,1H3. The number of rotatable bonds is 6. The molecule has 5 heteroatoms. The van der Waals surface area contributed by atoms with Crippen molar-refractivity contribution in [3.63, 3.8) is 0 Å². The predicted molar refractivity (Wildman–Crippen MR) is 85.1 cm³/mol. The molecule has 1 atom stereocenters. The highest BCUT2D eigenvalue weighted by Crippen LogP contribution is 2.23. The van der Waals surface area contributed by atoms with Crippen molar-refractivity contribution in [3.8, 4) is 0 Å². The van der Waals surface area contributed by atoms with Crippen LogP contribution in [0, 0.1) is 11.6 Å². The van der Waals surface area contributed by atoms with Crippen LogP contribution in [0.4, 0.5) is 8.78 Å². The SMILES string of the molecule is CNC(CSc1cccc(Cl)c1)Cc1ccc(F)c(F)c1. The summed E-state index contributed by atoms with van der Waals surface area (Å²) in [5.74, 6) is -0.798. The van der Waals surface area contributed by atoms with E-state index >= 15 is 0 Å². The molecule has 0 radical (unpaired) electrons. The Bertz CT molecular complexity index is 607. The largest absolute Gasteiger partial charge is 0.316 e. The molecular formula is C16H16ClF2NS. The Morgan fingerprint density at radius 1 is 1.14 bits per heavy atom. The molecule has 2 aromatic rings. The molecule has 0 saturated heterocycles. The van der Waals surface area contributed by atoms with Crippen LogP contribution in [-0.2, 0) is 6.42 Å². The van der Waals surface area contributed by atoms with Crippen LogP contribution in [-0.4, -0.2) is 18.8 Å². The zero-order chi connectivity index (χ0) is 15.2. The second kappa shape index (κ2) is 7.78. The van der Waals surface area contributed by atoms with Crippen molar-refractivity contribution < 1.29 is 8.78 Å². The Hall–Kier alpha value is -1.10. The molecule has 0 aliphatic rings. The van der Waals surface area contributed by atoms with Crippen LogP contribution in [0.2, 0.25) is 5.02 Å². The van der Waals surface area contributed by atoms with Crippen molar-refractivity contribution in [3.05, 3.63) is 64.7 Å². The van der Waals surface area contributed by atoms with Gasteiger partial charge in [0, 0.05) is 21.7 Å². The fourth-order valence-corrected chi connectivity index (χ4v) is 3.27. The average Bonchev–Trinajstić information content (AvgIpc) is 2.47. The summed E-state index contributed by atoms with van der Waals surface area (Å²) >= 11 is 7.63. The van der Waals surface area contributed by atoms with Gasteiger partial charge in [-0.1, -0.05) is 23.7 Å². The van der Waals surface area contributed by atoms with Crippen LogP contribution in [0.3, 0.4) is 0 Å². The van der Waals surface area contributed by atoms with Crippen LogP contribution in [0.25, 0.3) is 0 Å². The summed E-state index contributed by atoms with van der Waals surface area (Å²) in [6.07, 6.45) is 0.640. The summed E-state index contributed by atoms with van der Waals surface area (Å²) in [6, 6.07) is 11.9. The lowest BCUT2D eigenvalue weighted by Crippen LogP contribution is -2.30. The minimum absolute atomic E-state index is 0.166. The maximum Gasteiger partial charge on any atom is 0.159 e. The van der Waals surface area contributed by atoms with Gasteiger partial charge in [0.1, 0.15) is 0 Å². The van der Waals surface area contributed by atoms with E-state index in [-0.39, 0.29) is 6.04 Å². The molecule has 0 saturated carbocycles. The zero-order valence-electron chi connectivity index (χ0n) is 11.6. The first-order valence-electron chi connectivity index (χ1n) is 6.58. The molecule has 0 aliphatic carbocycles. The highest BCUT2D eigenvalue weighted by molar-refractivity contribution is 7.99. The molecule has 2 rings (SSSR count). The van der Waals surface area contributed by atoms with Crippen molar-refractivity contribution in [2.24, 2.45) is 0 Å². The average molecular weight is 328 g/mol. The monoisotopic (exact) mass is 327 g/mol. The second-order valence-electron chi connectivity index (χ2n) is 4.71. The van der Waals surface area contributed by atoms with Crippen LogP contribution in [0.5, 0.6) is 0 Å². The number of benzene rings is 2. The van der Waals surface area contributed by atoms with Gasteiger partial charge in [0.2, 0.25) is 0 Å². The van der Waals surface area contributed by atoms with Gasteiger partial charge in [-0.05, 0) is 49.4 Å². The normalized spacial score (nSPS) is 12.4. The Labute approximate surface area is 132 Å². The van der Waals surface area contributed by atoms with Gasteiger partial charge in [-0.2, -0.15) is 0 Å². The maximum absolute atomic E-state index is 13.2. The predicted octanol–water partition coefficient (Wildman–Crippen LogP) is 4.54. The molecule has 0 amide bonds. The number of thioether (sulfide) groups is 1. The van der Waals surface area contributed by atoms with Gasteiger partial charge in [-0.15, -0.1) is 11.8 Å². The van der Waals surface area contributed by atoms with E-state index in [1.165, 1.54) is 12.1 Å². The Balaban J connectivity index is 1.95. The van der Waals surface area contributed by atoms with E-state index in [4.69, 9.17) is 11.6 Å². The van der Waals surface area contributed by atoms with Crippen LogP contribution >= 0.6 is 23.4 Å². The molecule has 0 heterocycles. The van der Waals surface area contributed by atoms with E-state index in [0.717, 1.165) is 16.2 Å². The number of likely N-dealkylation sites (N-methyl/N-ethyl adjacent to an activating group) is 1. The van der Waals surface area contributed by atoms with Gasteiger partial charge in [-0.25, -0.2) is 8.78 Å². The van der Waals surface area contributed by atoms with Gasteiger partial charge in [0.25, 0.3) is 0 Å². The summed E-state index contributed by atoms with van der Waals surface area (Å²) in [6.45, 7) is 0. The highest BCUT2D eigenvalue weighted by atomic mass is 35.5. The fraction of sp³-hybridized carbons (Fsp3) is 0.250. The van der Waals surface area contributed by atoms with Crippen LogP contribution in [0.1, 0.15) is 5.56 Å². The van der Waals surface area contributed by atoms with Gasteiger partial charge in [0.05, 0.1) is 0 Å². The number of hydrogen-bond acceptors (Lipinski definition) is 2. The third kappa shape index (κ3) is 4.99. The summed E-state index contributed by atoms with van der Waals surface area (Å²) in [5.41, 5.74) is 0.778. The Morgan fingerprint density at radius 2 is 1.95 bits per heavy atom. The first-order chi connectivity index (χ1) is 10.1. The first-order valence-corrected chi connectivity index (χ1v) is 7.94. The van der Waals surface area contributed by atoms with Crippen LogP contribution < -0.4 is 5.32 Å². The van der Waals surface area contributed by atoms with E-state index in [1.807, 2.05) is 31.3 Å². The number of halogens is 3. The zero-order valence-corrected chi connectivity index (χ0v) is 13.1. The fourth-order valence-electron chi connectivity index (χ4n) is 1.95. The smallest absolute Gasteiger partial charge is 0.159 e. The van der Waals surface area contributed by atoms with Crippen molar-refractivity contribution in [1.82, 2.24) is 5.32 Å². The quantitative estimate of drug-likeness (QED) is 0.782. The summed E-state index contributed by atoms with van der Waals surface area (Å²) in [4.78, 5) is 1.09. The molecule has 21 heavy (non-hydrogen) atoms. The van der Waals surface area contributed by atoms with Gasteiger partial charge in [-0.3, -0.25) is 0 Å². The van der Waals surface area contributed by atoms with Crippen LogP contribution in [0.15, 0.2) is 47.4 Å². The summed E-state index contributed by atoms with van der Waals surface area (Å²) in [7, 11) is 1.86. The molecular weight excluding hydrogens is 312 g/mol. The van der Waals surface area contributed by atoms with Gasteiger partial charge < -0.3 is 5.32 Å². The maximum atomic E-state index is 13.2. The molecule has 1 N–H and O–H groups in total. The molecule has 0 aliphatic heterocycles. The van der Waals surface area contributed by atoms with E-state index in [1.54, 1.807) is 17.8 Å². The van der Waals surface area contributed by atoms with Crippen molar-refractivity contribution in [2.75, 3.05) is 12.8 Å². The molecule has 0 bridgehead atoms. The van der Waals surface area contributed by atoms with E-state index in [2.05, 4.69) is 5.32 Å². The molecule has 0 spiro atoms. The molecule has 1 unspecified atom stereocenters. The third-order valence-electron chi connectivity index (χ3n) is 3.12. The second-order valence-corrected chi connectivity index (χ2v) is 6.24. The first kappa shape index (κ1) is 16.3. The van der Waals surface area contributed by atoms with E-state index in [0.29, 0.717) is 11.4 Å². The van der Waals surface area contributed by atoms with Gasteiger partial charge >= 0.3 is 0 Å².